The average Bonchev–Trinajstić information content (AvgIpc) is 2.38. The monoisotopic (exact) mass is 249 g/mol. The molecule has 98 valence electrons. The van der Waals surface area contributed by atoms with Gasteiger partial charge in [-0.25, -0.2) is 0 Å². The molecule has 2 rings (SSSR count). The van der Waals surface area contributed by atoms with Crippen LogP contribution in [0, 0.1) is 10.1 Å². The van der Waals surface area contributed by atoms with Gasteiger partial charge in [-0.15, -0.1) is 0 Å². The van der Waals surface area contributed by atoms with Crippen molar-refractivity contribution in [3.63, 3.8) is 0 Å². The smallest absolute Gasteiger partial charge is 0.269 e. The van der Waals surface area contributed by atoms with Crippen LogP contribution in [0.15, 0.2) is 24.3 Å². The van der Waals surface area contributed by atoms with E-state index in [2.05, 4.69) is 17.3 Å². The molecule has 0 bridgehead atoms. The van der Waals surface area contributed by atoms with Crippen LogP contribution in [0.5, 0.6) is 0 Å². The molecule has 1 heterocycles. The lowest BCUT2D eigenvalue weighted by molar-refractivity contribution is -0.384. The highest BCUT2D eigenvalue weighted by atomic mass is 16.6. The summed E-state index contributed by atoms with van der Waals surface area (Å²) in [4.78, 5) is 12.5. The second-order valence-electron chi connectivity index (χ2n) is 4.82. The number of likely N-dealkylation sites (N-methyl/N-ethyl adjacent to an activating group) is 1. The van der Waals surface area contributed by atoms with Gasteiger partial charge in [-0.3, -0.25) is 10.1 Å². The number of nitrogens with one attached hydrogen (secondary N) is 1. The van der Waals surface area contributed by atoms with Crippen LogP contribution >= 0.6 is 0 Å². The van der Waals surface area contributed by atoms with E-state index in [0.29, 0.717) is 6.04 Å². The standard InChI is InChI=1S/C13H19N3O2/c1-15-9-3-2-4-13(15)10-14-11-5-7-12(8-6-11)16(17)18/h5-8,13-14H,2-4,9-10H2,1H3. The molecule has 0 radical (unpaired) electrons. The molecule has 1 saturated heterocycles. The molecule has 0 aromatic heterocycles. The Morgan fingerprint density at radius 2 is 2.11 bits per heavy atom. The van der Waals surface area contributed by atoms with E-state index >= 15 is 0 Å². The second-order valence-corrected chi connectivity index (χ2v) is 4.82. The Bertz CT molecular complexity index is 405. The number of hydrogen-bond donors (Lipinski definition) is 1. The Labute approximate surface area is 107 Å². The molecular weight excluding hydrogens is 230 g/mol. The molecule has 1 atom stereocenters. The fourth-order valence-corrected chi connectivity index (χ4v) is 2.34. The Kier molecular flexibility index (Phi) is 4.15. The summed E-state index contributed by atoms with van der Waals surface area (Å²) in [7, 11) is 2.15. The van der Waals surface area contributed by atoms with Gasteiger partial charge in [-0.05, 0) is 38.6 Å². The predicted molar refractivity (Wildman–Crippen MR) is 71.9 cm³/mol. The lowest BCUT2D eigenvalue weighted by Crippen LogP contribution is -2.40. The van der Waals surface area contributed by atoms with E-state index in [0.717, 1.165) is 18.8 Å². The maximum atomic E-state index is 10.5. The van der Waals surface area contributed by atoms with Crippen molar-refractivity contribution in [3.05, 3.63) is 34.4 Å². The predicted octanol–water partition coefficient (Wildman–Crippen LogP) is 2.49. The fourth-order valence-electron chi connectivity index (χ4n) is 2.34. The van der Waals surface area contributed by atoms with Crippen molar-refractivity contribution in [2.45, 2.75) is 25.3 Å². The molecule has 0 saturated carbocycles. The summed E-state index contributed by atoms with van der Waals surface area (Å²) >= 11 is 0. The molecule has 1 aromatic carbocycles. The molecule has 1 unspecified atom stereocenters. The van der Waals surface area contributed by atoms with Crippen molar-refractivity contribution in [2.24, 2.45) is 0 Å². The molecule has 1 N–H and O–H groups in total. The van der Waals surface area contributed by atoms with Crippen LogP contribution in [0.4, 0.5) is 11.4 Å². The number of rotatable bonds is 4. The number of anilines is 1. The first-order valence-electron chi connectivity index (χ1n) is 6.35. The zero-order valence-electron chi connectivity index (χ0n) is 10.6. The molecule has 0 amide bonds. The number of non-ortho nitro benzene ring substituents is 1. The molecule has 1 fully saturated rings. The summed E-state index contributed by atoms with van der Waals surface area (Å²) in [6.07, 6.45) is 3.79. The van der Waals surface area contributed by atoms with Crippen molar-refractivity contribution in [2.75, 3.05) is 25.5 Å². The lowest BCUT2D eigenvalue weighted by Gasteiger charge is -2.32. The van der Waals surface area contributed by atoms with Crippen LogP contribution in [0.3, 0.4) is 0 Å². The lowest BCUT2D eigenvalue weighted by atomic mass is 10.0. The van der Waals surface area contributed by atoms with Crippen LogP contribution in [-0.2, 0) is 0 Å². The highest BCUT2D eigenvalue weighted by Gasteiger charge is 2.18. The van der Waals surface area contributed by atoms with E-state index in [1.807, 2.05) is 0 Å². The largest absolute Gasteiger partial charge is 0.383 e. The summed E-state index contributed by atoms with van der Waals surface area (Å²) in [6.45, 7) is 2.06. The Morgan fingerprint density at radius 1 is 1.39 bits per heavy atom. The third kappa shape index (κ3) is 3.20. The number of nitro groups is 1. The van der Waals surface area contributed by atoms with E-state index in [4.69, 9.17) is 0 Å². The summed E-state index contributed by atoms with van der Waals surface area (Å²) in [5.74, 6) is 0. The minimum absolute atomic E-state index is 0.135. The molecule has 0 aliphatic carbocycles. The van der Waals surface area contributed by atoms with E-state index in [1.54, 1.807) is 12.1 Å². The second kappa shape index (κ2) is 5.82. The zero-order chi connectivity index (χ0) is 13.0. The minimum Gasteiger partial charge on any atom is -0.383 e. The third-order valence-electron chi connectivity index (χ3n) is 3.54. The van der Waals surface area contributed by atoms with Crippen molar-refractivity contribution < 1.29 is 4.92 Å². The van der Waals surface area contributed by atoms with E-state index < -0.39 is 0 Å². The summed E-state index contributed by atoms with van der Waals surface area (Å²) in [5, 5.41) is 13.9. The quantitative estimate of drug-likeness (QED) is 0.658. The Hall–Kier alpha value is -1.62. The van der Waals surface area contributed by atoms with Crippen molar-refractivity contribution in [3.8, 4) is 0 Å². The van der Waals surface area contributed by atoms with Crippen molar-refractivity contribution in [1.82, 2.24) is 4.90 Å². The topological polar surface area (TPSA) is 58.4 Å². The molecular formula is C13H19N3O2. The fraction of sp³-hybridized carbons (Fsp3) is 0.538. The molecule has 18 heavy (non-hydrogen) atoms. The molecule has 1 aliphatic rings. The first kappa shape index (κ1) is 12.8. The Morgan fingerprint density at radius 3 is 2.72 bits per heavy atom. The van der Waals surface area contributed by atoms with Gasteiger partial charge in [0.15, 0.2) is 0 Å². The van der Waals surface area contributed by atoms with E-state index in [-0.39, 0.29) is 10.6 Å². The first-order valence-corrected chi connectivity index (χ1v) is 6.35. The van der Waals surface area contributed by atoms with Crippen LogP contribution in [0.2, 0.25) is 0 Å². The van der Waals surface area contributed by atoms with Gasteiger partial charge in [0.1, 0.15) is 0 Å². The zero-order valence-corrected chi connectivity index (χ0v) is 10.6. The maximum Gasteiger partial charge on any atom is 0.269 e. The normalized spacial score (nSPS) is 20.6. The maximum absolute atomic E-state index is 10.5. The summed E-state index contributed by atoms with van der Waals surface area (Å²) < 4.78 is 0. The minimum atomic E-state index is -0.376. The molecule has 5 nitrogen and oxygen atoms in total. The van der Waals surface area contributed by atoms with Gasteiger partial charge in [-0.1, -0.05) is 6.42 Å². The Balaban J connectivity index is 1.87. The molecule has 5 heteroatoms. The number of piperidine rings is 1. The van der Waals surface area contributed by atoms with Gasteiger partial charge in [0.2, 0.25) is 0 Å². The van der Waals surface area contributed by atoms with Gasteiger partial charge in [-0.2, -0.15) is 0 Å². The highest BCUT2D eigenvalue weighted by Crippen LogP contribution is 2.18. The van der Waals surface area contributed by atoms with Crippen molar-refractivity contribution in [1.29, 1.82) is 0 Å². The molecule has 1 aliphatic heterocycles. The van der Waals surface area contributed by atoms with Gasteiger partial charge in [0, 0.05) is 30.4 Å². The van der Waals surface area contributed by atoms with Gasteiger partial charge >= 0.3 is 0 Å². The van der Waals surface area contributed by atoms with Crippen LogP contribution in [-0.4, -0.2) is 36.0 Å². The van der Waals surface area contributed by atoms with E-state index in [1.165, 1.54) is 31.4 Å². The number of nitrogens with zero attached hydrogens (tertiary/aromatic N) is 2. The summed E-state index contributed by atoms with van der Waals surface area (Å²) in [5.41, 5.74) is 1.08. The first-order chi connectivity index (χ1) is 8.66. The highest BCUT2D eigenvalue weighted by molar-refractivity contribution is 5.48. The van der Waals surface area contributed by atoms with Gasteiger partial charge in [0.25, 0.3) is 5.69 Å². The van der Waals surface area contributed by atoms with Crippen LogP contribution < -0.4 is 5.32 Å². The van der Waals surface area contributed by atoms with E-state index in [9.17, 15) is 10.1 Å². The molecule has 1 aromatic rings. The SMILES string of the molecule is CN1CCCCC1CNc1ccc([N+](=O)[O-])cc1. The summed E-state index contributed by atoms with van der Waals surface area (Å²) in [6, 6.07) is 7.16. The van der Waals surface area contributed by atoms with Crippen LogP contribution in [0.1, 0.15) is 19.3 Å². The number of nitro benzene ring substituents is 1. The molecule has 0 spiro atoms. The third-order valence-corrected chi connectivity index (χ3v) is 3.54. The van der Waals surface area contributed by atoms with Gasteiger partial charge in [0.05, 0.1) is 4.92 Å². The van der Waals surface area contributed by atoms with Crippen LogP contribution in [0.25, 0.3) is 0 Å². The van der Waals surface area contributed by atoms with Gasteiger partial charge < -0.3 is 10.2 Å². The van der Waals surface area contributed by atoms with Crippen molar-refractivity contribution >= 4 is 11.4 Å². The number of likely N-dealkylation sites (tertiary alicyclic amines) is 1. The number of benzene rings is 1. The number of hydrogen-bond acceptors (Lipinski definition) is 4. The average molecular weight is 249 g/mol.